The zero-order chi connectivity index (χ0) is 72.3. The predicted molar refractivity (Wildman–Crippen MR) is 408 cm³/mol. The number of aliphatic hydroxyl groups excluding tert-OH is 2. The number of rotatable bonds is 74. The molecule has 0 aliphatic rings. The van der Waals surface area contributed by atoms with Crippen LogP contribution in [0, 0.1) is 0 Å². The van der Waals surface area contributed by atoms with Crippen molar-refractivity contribution in [1.29, 1.82) is 0 Å². The molecule has 18 heteroatoms. The molecule has 0 aliphatic carbocycles. The van der Waals surface area contributed by atoms with Crippen LogP contribution in [0.4, 0.5) is 0 Å². The third-order valence-electron chi connectivity index (χ3n) is 16.5. The Labute approximate surface area is 602 Å². The van der Waals surface area contributed by atoms with Gasteiger partial charge >= 0.3 is 33.6 Å². The van der Waals surface area contributed by atoms with Gasteiger partial charge in [-0.05, 0) is 128 Å². The highest BCUT2D eigenvalue weighted by atomic mass is 31.2. The molecule has 5 unspecified atom stereocenters. The van der Waals surface area contributed by atoms with E-state index < -0.39 is 91.5 Å². The third kappa shape index (κ3) is 75.2. The van der Waals surface area contributed by atoms with Crippen LogP contribution in [0.15, 0.2) is 109 Å². The largest absolute Gasteiger partial charge is 0.472 e. The minimum Gasteiger partial charge on any atom is -0.463 e. The first-order chi connectivity index (χ1) is 48.2. The maximum Gasteiger partial charge on any atom is 0.472 e. The molecule has 0 saturated carbocycles. The fraction of sp³-hybridized carbons (Fsp3) is 0.741. The number of ether oxygens (including phenoxy) is 3. The lowest BCUT2D eigenvalue weighted by molar-refractivity contribution is -0.161. The molecule has 572 valence electrons. The fourth-order valence-electron chi connectivity index (χ4n) is 10.5. The van der Waals surface area contributed by atoms with Crippen LogP contribution in [0.5, 0.6) is 0 Å². The average Bonchev–Trinajstić information content (AvgIpc) is 1.02. The first-order valence-corrected chi connectivity index (χ1v) is 42.2. The van der Waals surface area contributed by atoms with Gasteiger partial charge < -0.3 is 34.2 Å². The van der Waals surface area contributed by atoms with E-state index in [1.54, 1.807) is 0 Å². The van der Waals surface area contributed by atoms with Crippen molar-refractivity contribution < 1.29 is 75.8 Å². The molecule has 0 aromatic carbocycles. The number of phosphoric acid groups is 2. The molecule has 0 rings (SSSR count). The van der Waals surface area contributed by atoms with E-state index >= 15 is 0 Å². The van der Waals surface area contributed by atoms with Gasteiger partial charge in [-0.3, -0.25) is 32.5 Å². The summed E-state index contributed by atoms with van der Waals surface area (Å²) in [6.07, 6.45) is 85.8. The third-order valence-corrected chi connectivity index (χ3v) is 18.4. The van der Waals surface area contributed by atoms with Crippen molar-refractivity contribution in [3.8, 4) is 0 Å². The summed E-state index contributed by atoms with van der Waals surface area (Å²) >= 11 is 0. The number of allylic oxidation sites excluding steroid dienone is 18. The predicted octanol–water partition coefficient (Wildman–Crippen LogP) is 22.8. The molecule has 0 aliphatic heterocycles. The van der Waals surface area contributed by atoms with E-state index in [4.69, 9.17) is 32.3 Å². The molecule has 99 heavy (non-hydrogen) atoms. The number of carbonyl (C=O) groups is 3. The zero-order valence-electron chi connectivity index (χ0n) is 62.4. The van der Waals surface area contributed by atoms with E-state index in [0.717, 1.165) is 148 Å². The summed E-state index contributed by atoms with van der Waals surface area (Å²) in [5.74, 6) is -1.59. The number of phosphoric ester groups is 2. The van der Waals surface area contributed by atoms with Crippen LogP contribution in [0.25, 0.3) is 0 Å². The average molecular weight is 1430 g/mol. The molecule has 0 spiro atoms. The van der Waals surface area contributed by atoms with Gasteiger partial charge in [0.05, 0.1) is 26.4 Å². The molecular formula is C81H142O16P2. The van der Waals surface area contributed by atoms with Crippen molar-refractivity contribution in [2.24, 2.45) is 0 Å². The van der Waals surface area contributed by atoms with Crippen molar-refractivity contribution in [2.45, 2.75) is 347 Å². The molecular weight excluding hydrogens is 1290 g/mol. The SMILES string of the molecule is CC/C=C\C/C=C\C/C=C\C/C=C\C/C=C\CCCCCCCCCCCCCCCCCC(=O)OCC(O)COP(=O)(O)OCC(O)COP(=O)(O)OCC(COC(=O)CCCCCCCC/C=C\C/C=C\C/C=C\CCCCC)OC(=O)CCCCCCC/C=C\CCCCCC. The minimum atomic E-state index is -4.93. The smallest absolute Gasteiger partial charge is 0.463 e. The second-order valence-corrected chi connectivity index (χ2v) is 29.0. The molecule has 0 heterocycles. The van der Waals surface area contributed by atoms with Gasteiger partial charge in [-0.15, -0.1) is 0 Å². The Bertz CT molecular complexity index is 2240. The minimum absolute atomic E-state index is 0.0918. The summed E-state index contributed by atoms with van der Waals surface area (Å²) in [7, 11) is -9.79. The van der Waals surface area contributed by atoms with E-state index in [0.29, 0.717) is 19.3 Å². The zero-order valence-corrected chi connectivity index (χ0v) is 64.2. The van der Waals surface area contributed by atoms with Gasteiger partial charge in [0, 0.05) is 19.3 Å². The van der Waals surface area contributed by atoms with E-state index in [1.165, 1.54) is 122 Å². The van der Waals surface area contributed by atoms with Gasteiger partial charge in [0.1, 0.15) is 25.4 Å². The molecule has 5 atom stereocenters. The molecule has 0 aromatic rings. The van der Waals surface area contributed by atoms with Crippen molar-refractivity contribution in [3.05, 3.63) is 109 Å². The Balaban J connectivity index is 4.44. The molecule has 16 nitrogen and oxygen atoms in total. The Kier molecular flexibility index (Phi) is 71.1. The normalized spacial score (nSPS) is 14.6. The molecule has 0 radical (unpaired) electrons. The number of unbranched alkanes of at least 4 members (excludes halogenated alkanes) is 33. The van der Waals surface area contributed by atoms with Gasteiger partial charge in [0.2, 0.25) is 0 Å². The number of hydrogen-bond acceptors (Lipinski definition) is 14. The first kappa shape index (κ1) is 95.2. The number of carbonyl (C=O) groups excluding carboxylic acids is 3. The maximum atomic E-state index is 12.9. The summed E-state index contributed by atoms with van der Waals surface area (Å²) in [5.41, 5.74) is 0. The Morgan fingerprint density at radius 1 is 0.293 bits per heavy atom. The van der Waals surface area contributed by atoms with E-state index in [-0.39, 0.29) is 19.3 Å². The molecule has 0 fully saturated rings. The van der Waals surface area contributed by atoms with E-state index in [2.05, 4.69) is 130 Å². The van der Waals surface area contributed by atoms with Crippen LogP contribution in [0.3, 0.4) is 0 Å². The van der Waals surface area contributed by atoms with Gasteiger partial charge in [0.15, 0.2) is 6.10 Å². The number of hydrogen-bond donors (Lipinski definition) is 4. The van der Waals surface area contributed by atoms with Crippen molar-refractivity contribution in [2.75, 3.05) is 39.6 Å². The summed E-state index contributed by atoms with van der Waals surface area (Å²) in [6.45, 7) is 2.52. The topological polar surface area (TPSA) is 231 Å². The van der Waals surface area contributed by atoms with Crippen LogP contribution in [-0.2, 0) is 55.8 Å². The summed E-state index contributed by atoms with van der Waals surface area (Å²) in [6, 6.07) is 0. The fourth-order valence-corrected chi connectivity index (χ4v) is 12.1. The second-order valence-electron chi connectivity index (χ2n) is 26.1. The second kappa shape index (κ2) is 73.9. The Hall–Kier alpha value is -3.79. The number of aliphatic hydroxyl groups is 2. The summed E-state index contributed by atoms with van der Waals surface area (Å²) < 4.78 is 61.1. The molecule has 0 amide bonds. The van der Waals surface area contributed by atoms with E-state index in [1.807, 2.05) is 0 Å². The highest BCUT2D eigenvalue weighted by molar-refractivity contribution is 7.47. The molecule has 0 saturated heterocycles. The summed E-state index contributed by atoms with van der Waals surface area (Å²) in [4.78, 5) is 58.5. The van der Waals surface area contributed by atoms with Crippen molar-refractivity contribution in [3.63, 3.8) is 0 Å². The molecule has 0 bridgehead atoms. The standard InChI is InChI=1S/C81H142O16P2/c1-4-7-10-13-16-19-22-25-27-29-31-32-33-34-35-36-37-38-39-40-41-42-44-46-47-50-52-55-58-61-64-67-79(84)91-70-76(82)71-93-98(87,88)94-72-77(83)73-95-99(89,90)96-75-78(97-81(86)69-66-63-60-57-54-49-24-21-18-15-12-9-6-3)74-92-80(85)68-65-62-59-56-53-51-48-45-43-30-28-26-23-20-17-14-11-8-5-2/h7,10,16-17,19-21,24-28,31-32,34-35,43,45,76-78,82-83H,4-6,8-9,11-15,18,22-23,29-30,33,36-42,44,46-75H2,1-3H3,(H,87,88)(H,89,90)/b10-7-,19-16-,20-17-,24-21-,27-25-,28-26-,32-31-,35-34-,45-43-. The highest BCUT2D eigenvalue weighted by Crippen LogP contribution is 2.45. The maximum absolute atomic E-state index is 12.9. The monoisotopic (exact) mass is 1430 g/mol. The Morgan fingerprint density at radius 3 is 0.879 bits per heavy atom. The van der Waals surface area contributed by atoms with Crippen molar-refractivity contribution in [1.82, 2.24) is 0 Å². The van der Waals surface area contributed by atoms with Crippen LogP contribution >= 0.6 is 15.6 Å². The summed E-state index contributed by atoms with van der Waals surface area (Å²) in [5, 5.41) is 20.6. The van der Waals surface area contributed by atoms with Crippen molar-refractivity contribution >= 4 is 33.6 Å². The molecule has 4 N–H and O–H groups in total. The van der Waals surface area contributed by atoms with Crippen LogP contribution in [0.2, 0.25) is 0 Å². The lowest BCUT2D eigenvalue weighted by Gasteiger charge is -2.21. The highest BCUT2D eigenvalue weighted by Gasteiger charge is 2.29. The molecule has 0 aromatic heterocycles. The quantitative estimate of drug-likeness (QED) is 0.0146. The van der Waals surface area contributed by atoms with Crippen LogP contribution in [0.1, 0.15) is 329 Å². The Morgan fingerprint density at radius 2 is 0.535 bits per heavy atom. The lowest BCUT2D eigenvalue weighted by Crippen LogP contribution is -2.30. The van der Waals surface area contributed by atoms with Gasteiger partial charge in [-0.25, -0.2) is 9.13 Å². The van der Waals surface area contributed by atoms with Gasteiger partial charge in [-0.2, -0.15) is 0 Å². The van der Waals surface area contributed by atoms with Crippen LogP contribution in [-0.4, -0.2) is 95.9 Å². The van der Waals surface area contributed by atoms with E-state index in [9.17, 15) is 43.5 Å². The van der Waals surface area contributed by atoms with Gasteiger partial charge in [0.25, 0.3) is 0 Å². The number of esters is 3. The first-order valence-electron chi connectivity index (χ1n) is 39.2. The lowest BCUT2D eigenvalue weighted by atomic mass is 10.0. The van der Waals surface area contributed by atoms with Gasteiger partial charge in [-0.1, -0.05) is 291 Å². The van der Waals surface area contributed by atoms with Crippen LogP contribution < -0.4 is 0 Å².